The topological polar surface area (TPSA) is 121 Å². The zero-order chi connectivity index (χ0) is 25.4. The fourth-order valence-corrected chi connectivity index (χ4v) is 6.39. The smallest absolute Gasteiger partial charge is 0.271 e. The first-order valence-electron chi connectivity index (χ1n) is 12.5. The molecule has 2 aliphatic heterocycles. The molecule has 10 heteroatoms. The van der Waals surface area contributed by atoms with Gasteiger partial charge in [0.2, 0.25) is 11.8 Å². The van der Waals surface area contributed by atoms with Crippen LogP contribution in [-0.2, 0) is 14.4 Å². The number of alkyl halides is 1. The van der Waals surface area contributed by atoms with Crippen LogP contribution in [0.5, 0.6) is 5.75 Å². The molecule has 192 valence electrons. The number of ketones is 1. The van der Waals surface area contributed by atoms with Crippen LogP contribution in [0.4, 0.5) is 0 Å². The van der Waals surface area contributed by atoms with Gasteiger partial charge in [-0.3, -0.25) is 19.2 Å². The Morgan fingerprint density at radius 1 is 1.25 bits per heavy atom. The first-order chi connectivity index (χ1) is 17.4. The van der Waals surface area contributed by atoms with Gasteiger partial charge in [-0.05, 0) is 55.7 Å². The van der Waals surface area contributed by atoms with Gasteiger partial charge in [-0.2, -0.15) is 0 Å². The second-order valence-corrected chi connectivity index (χ2v) is 10.3. The van der Waals surface area contributed by atoms with Crippen LogP contribution >= 0.6 is 11.6 Å². The number of hydrogen-bond acceptors (Lipinski definition) is 5. The van der Waals surface area contributed by atoms with Crippen molar-refractivity contribution < 1.29 is 23.9 Å². The fraction of sp³-hybridized carbons (Fsp3) is 0.538. The predicted molar refractivity (Wildman–Crippen MR) is 134 cm³/mol. The van der Waals surface area contributed by atoms with Crippen LogP contribution in [0.25, 0.3) is 10.9 Å². The minimum atomic E-state index is -0.862. The van der Waals surface area contributed by atoms with E-state index in [1.54, 1.807) is 18.1 Å². The first kappa shape index (κ1) is 24.6. The van der Waals surface area contributed by atoms with E-state index in [4.69, 9.17) is 16.3 Å². The number of ether oxygens (including phenoxy) is 1. The Morgan fingerprint density at radius 2 is 2.08 bits per heavy atom. The summed E-state index contributed by atoms with van der Waals surface area (Å²) in [6.07, 6.45) is 3.65. The van der Waals surface area contributed by atoms with Gasteiger partial charge in [0.15, 0.2) is 5.78 Å². The third kappa shape index (κ3) is 4.45. The molecule has 3 amide bonds. The summed E-state index contributed by atoms with van der Waals surface area (Å²) in [7, 11) is 1.58. The maximum absolute atomic E-state index is 13.7. The van der Waals surface area contributed by atoms with Crippen molar-refractivity contribution in [2.45, 2.75) is 44.2 Å². The van der Waals surface area contributed by atoms with E-state index < -0.39 is 12.1 Å². The zero-order valence-corrected chi connectivity index (χ0v) is 21.0. The molecule has 2 saturated heterocycles. The molecule has 3 aliphatic rings. The standard InChI is InChI=1S/C26H31ClN4O5/c1-36-22-7-3-6-18-17(22)11-20(29-18)26(35)31-13-15-4-2-5-16(15)23(31)25(34)30-19(21(32)12-27)10-14-8-9-28-24(14)33/h3,6-7,11,14-16,19,23,29H,2,4-5,8-10,12-13H2,1H3,(H,28,33)(H,30,34)/t14?,15?,16?,19?,23-/m0/s1. The molecule has 1 saturated carbocycles. The number of nitrogens with zero attached hydrogens (tertiary/aromatic N) is 1. The lowest BCUT2D eigenvalue weighted by Gasteiger charge is -2.29. The molecule has 2 aromatic rings. The minimum Gasteiger partial charge on any atom is -0.496 e. The van der Waals surface area contributed by atoms with E-state index in [9.17, 15) is 19.2 Å². The SMILES string of the molecule is COc1cccc2[nH]c(C(=O)N3CC4CCCC4[C@H]3C(=O)NC(CC3CCNC3=O)C(=O)CCl)cc12. The fourth-order valence-electron chi connectivity index (χ4n) is 6.20. The molecular formula is C26H31ClN4O5. The van der Waals surface area contributed by atoms with Crippen molar-refractivity contribution in [3.63, 3.8) is 0 Å². The Morgan fingerprint density at radius 3 is 2.81 bits per heavy atom. The summed E-state index contributed by atoms with van der Waals surface area (Å²) in [5.74, 6) is -0.702. The number of H-pyrrole nitrogens is 1. The van der Waals surface area contributed by atoms with Crippen molar-refractivity contribution in [1.82, 2.24) is 20.5 Å². The van der Waals surface area contributed by atoms with Crippen LogP contribution in [-0.4, -0.2) is 71.6 Å². The molecule has 1 aromatic carbocycles. The van der Waals surface area contributed by atoms with E-state index in [-0.39, 0.29) is 53.6 Å². The second kappa shape index (κ2) is 10.1. The van der Waals surface area contributed by atoms with Crippen molar-refractivity contribution >= 4 is 46.0 Å². The number of aromatic nitrogens is 1. The number of carbonyl (C=O) groups is 4. The number of rotatable bonds is 8. The zero-order valence-electron chi connectivity index (χ0n) is 20.2. The summed E-state index contributed by atoms with van der Waals surface area (Å²) in [5, 5.41) is 6.44. The highest BCUT2D eigenvalue weighted by atomic mass is 35.5. The highest BCUT2D eigenvalue weighted by Gasteiger charge is 2.50. The third-order valence-electron chi connectivity index (χ3n) is 8.01. The van der Waals surface area contributed by atoms with Gasteiger partial charge in [0, 0.05) is 29.9 Å². The van der Waals surface area contributed by atoms with Crippen LogP contribution in [0, 0.1) is 17.8 Å². The number of nitrogens with one attached hydrogen (secondary N) is 3. The Hall–Kier alpha value is -3.07. The molecule has 3 heterocycles. The number of amides is 3. The van der Waals surface area contributed by atoms with Gasteiger partial charge < -0.3 is 25.3 Å². The van der Waals surface area contributed by atoms with E-state index in [0.29, 0.717) is 31.0 Å². The predicted octanol–water partition coefficient (Wildman–Crippen LogP) is 2.24. The molecule has 0 bridgehead atoms. The molecule has 3 N–H and O–H groups in total. The Kier molecular flexibility index (Phi) is 6.92. The number of aromatic amines is 1. The molecule has 4 unspecified atom stereocenters. The van der Waals surface area contributed by atoms with Crippen molar-refractivity contribution in [2.75, 3.05) is 26.1 Å². The van der Waals surface area contributed by atoms with Crippen molar-refractivity contribution in [1.29, 1.82) is 0 Å². The van der Waals surface area contributed by atoms with Gasteiger partial charge in [-0.25, -0.2) is 0 Å². The van der Waals surface area contributed by atoms with Crippen LogP contribution in [0.15, 0.2) is 24.3 Å². The lowest BCUT2D eigenvalue weighted by molar-refractivity contribution is -0.131. The van der Waals surface area contributed by atoms with Gasteiger partial charge in [-0.1, -0.05) is 12.5 Å². The van der Waals surface area contributed by atoms with Gasteiger partial charge in [0.1, 0.15) is 17.5 Å². The summed E-state index contributed by atoms with van der Waals surface area (Å²) in [4.78, 5) is 56.9. The Balaban J connectivity index is 1.39. The molecule has 0 spiro atoms. The number of carbonyl (C=O) groups excluding carboxylic acids is 4. The number of methoxy groups -OCH3 is 1. The number of fused-ring (bicyclic) bond motifs is 2. The summed E-state index contributed by atoms with van der Waals surface area (Å²) < 4.78 is 5.42. The monoisotopic (exact) mass is 514 g/mol. The first-order valence-corrected chi connectivity index (χ1v) is 13.1. The van der Waals surface area contributed by atoms with Crippen molar-refractivity contribution in [2.24, 2.45) is 17.8 Å². The maximum atomic E-state index is 13.7. The number of likely N-dealkylation sites (tertiary alicyclic amines) is 1. The highest BCUT2D eigenvalue weighted by molar-refractivity contribution is 6.28. The molecule has 3 fully saturated rings. The number of hydrogen-bond donors (Lipinski definition) is 3. The quantitative estimate of drug-likeness (QED) is 0.466. The number of benzene rings is 1. The average molecular weight is 515 g/mol. The largest absolute Gasteiger partial charge is 0.496 e. The Labute approximate surface area is 214 Å². The van der Waals surface area contributed by atoms with Gasteiger partial charge in [0.25, 0.3) is 5.91 Å². The molecular weight excluding hydrogens is 484 g/mol. The molecule has 36 heavy (non-hydrogen) atoms. The normalized spacial score (nSPS) is 26.1. The van der Waals surface area contributed by atoms with Crippen molar-refractivity contribution in [3.8, 4) is 5.75 Å². The molecule has 1 aliphatic carbocycles. The van der Waals surface area contributed by atoms with Crippen LogP contribution in [0.2, 0.25) is 0 Å². The molecule has 5 rings (SSSR count). The summed E-state index contributed by atoms with van der Waals surface area (Å²) in [6.45, 7) is 1.05. The molecule has 0 radical (unpaired) electrons. The van der Waals surface area contributed by atoms with E-state index in [1.165, 1.54) is 0 Å². The lowest BCUT2D eigenvalue weighted by Crippen LogP contribution is -2.53. The van der Waals surface area contributed by atoms with Gasteiger partial charge in [-0.15, -0.1) is 11.6 Å². The third-order valence-corrected chi connectivity index (χ3v) is 8.28. The maximum Gasteiger partial charge on any atom is 0.271 e. The molecule has 1 aromatic heterocycles. The van der Waals surface area contributed by atoms with Crippen LogP contribution in [0.3, 0.4) is 0 Å². The summed E-state index contributed by atoms with van der Waals surface area (Å²) in [6, 6.07) is 5.78. The Bertz CT molecular complexity index is 1200. The van der Waals surface area contributed by atoms with E-state index in [1.807, 2.05) is 18.2 Å². The van der Waals surface area contributed by atoms with Crippen LogP contribution in [0.1, 0.15) is 42.6 Å². The van der Waals surface area contributed by atoms with Gasteiger partial charge in [0.05, 0.1) is 19.0 Å². The highest BCUT2D eigenvalue weighted by Crippen LogP contribution is 2.43. The summed E-state index contributed by atoms with van der Waals surface area (Å²) >= 11 is 5.84. The van der Waals surface area contributed by atoms with Crippen LogP contribution < -0.4 is 15.4 Å². The molecule has 5 atom stereocenters. The molecule has 9 nitrogen and oxygen atoms in total. The van der Waals surface area contributed by atoms with E-state index >= 15 is 0 Å². The summed E-state index contributed by atoms with van der Waals surface area (Å²) in [5.41, 5.74) is 1.17. The van der Waals surface area contributed by atoms with E-state index in [2.05, 4.69) is 15.6 Å². The average Bonchev–Trinajstić information content (AvgIpc) is 3.66. The number of Topliss-reactive ketones (excluding diaryl/α,β-unsaturated/α-hetero) is 1. The minimum absolute atomic E-state index is 0.0365. The number of halogens is 1. The van der Waals surface area contributed by atoms with E-state index in [0.717, 1.165) is 30.2 Å². The second-order valence-electron chi connectivity index (χ2n) is 10.0. The van der Waals surface area contributed by atoms with Crippen molar-refractivity contribution in [3.05, 3.63) is 30.0 Å². The lowest BCUT2D eigenvalue weighted by atomic mass is 9.92. The van der Waals surface area contributed by atoms with Gasteiger partial charge >= 0.3 is 0 Å².